The standard InChI is InChI=1S/C16H18ClN5S2/c1-22(2)14-9-7-13(8-10-14)19-16(24)21-20-15(23)18-12-5-3-11(17)4-6-12/h3-10H,1-2H3,(H2,18,20,23)(H2,19,21,24). The van der Waals surface area contributed by atoms with Crippen LogP contribution in [0.25, 0.3) is 0 Å². The van der Waals surface area contributed by atoms with E-state index in [1.807, 2.05) is 55.4 Å². The molecule has 126 valence electrons. The molecule has 0 saturated carbocycles. The minimum Gasteiger partial charge on any atom is -0.378 e. The van der Waals surface area contributed by atoms with Crippen LogP contribution in [0.5, 0.6) is 0 Å². The zero-order valence-electron chi connectivity index (χ0n) is 13.3. The van der Waals surface area contributed by atoms with E-state index in [9.17, 15) is 0 Å². The number of benzene rings is 2. The largest absolute Gasteiger partial charge is 0.378 e. The van der Waals surface area contributed by atoms with Crippen molar-refractivity contribution in [2.75, 3.05) is 29.6 Å². The van der Waals surface area contributed by atoms with Crippen molar-refractivity contribution in [3.63, 3.8) is 0 Å². The molecule has 0 atom stereocenters. The van der Waals surface area contributed by atoms with Crippen LogP contribution in [0.1, 0.15) is 0 Å². The van der Waals surface area contributed by atoms with Crippen molar-refractivity contribution in [3.05, 3.63) is 53.6 Å². The molecular formula is C16H18ClN5S2. The molecule has 0 fully saturated rings. The first-order chi connectivity index (χ1) is 11.4. The number of thiocarbonyl (C=S) groups is 2. The van der Waals surface area contributed by atoms with Gasteiger partial charge in [-0.25, -0.2) is 0 Å². The van der Waals surface area contributed by atoms with Gasteiger partial charge < -0.3 is 15.5 Å². The molecule has 0 aliphatic carbocycles. The summed E-state index contributed by atoms with van der Waals surface area (Å²) in [4.78, 5) is 2.03. The van der Waals surface area contributed by atoms with E-state index in [2.05, 4.69) is 21.5 Å². The Morgan fingerprint density at radius 2 is 1.21 bits per heavy atom. The first kappa shape index (κ1) is 18.3. The van der Waals surface area contributed by atoms with Gasteiger partial charge in [0.05, 0.1) is 0 Å². The molecular weight excluding hydrogens is 362 g/mol. The van der Waals surface area contributed by atoms with E-state index in [1.54, 1.807) is 12.1 Å². The monoisotopic (exact) mass is 379 g/mol. The lowest BCUT2D eigenvalue weighted by atomic mass is 10.2. The lowest BCUT2D eigenvalue weighted by Gasteiger charge is -2.16. The smallest absolute Gasteiger partial charge is 0.189 e. The van der Waals surface area contributed by atoms with E-state index >= 15 is 0 Å². The van der Waals surface area contributed by atoms with Gasteiger partial charge in [-0.1, -0.05) is 11.6 Å². The van der Waals surface area contributed by atoms with Crippen LogP contribution in [0.15, 0.2) is 48.5 Å². The molecule has 2 aromatic rings. The molecule has 0 unspecified atom stereocenters. The molecule has 4 N–H and O–H groups in total. The highest BCUT2D eigenvalue weighted by Crippen LogP contribution is 2.15. The molecule has 0 aliphatic heterocycles. The SMILES string of the molecule is CN(C)c1ccc(NC(=S)NNC(=S)Nc2ccc(Cl)cc2)cc1. The average molecular weight is 380 g/mol. The van der Waals surface area contributed by atoms with Crippen LogP contribution in [-0.2, 0) is 0 Å². The molecule has 5 nitrogen and oxygen atoms in total. The molecule has 0 aromatic heterocycles. The Balaban J connectivity index is 1.77. The van der Waals surface area contributed by atoms with Crippen LogP contribution in [0.4, 0.5) is 17.1 Å². The maximum atomic E-state index is 5.84. The molecule has 0 aliphatic rings. The van der Waals surface area contributed by atoms with E-state index in [-0.39, 0.29) is 0 Å². The fraction of sp³-hybridized carbons (Fsp3) is 0.125. The molecule has 24 heavy (non-hydrogen) atoms. The molecule has 2 rings (SSSR count). The summed E-state index contributed by atoms with van der Waals surface area (Å²) in [5.41, 5.74) is 8.48. The predicted molar refractivity (Wildman–Crippen MR) is 111 cm³/mol. The summed E-state index contributed by atoms with van der Waals surface area (Å²) in [5.74, 6) is 0. The van der Waals surface area contributed by atoms with Gasteiger partial charge in [0.2, 0.25) is 0 Å². The Morgan fingerprint density at radius 3 is 1.62 bits per heavy atom. The van der Waals surface area contributed by atoms with Crippen molar-refractivity contribution in [1.82, 2.24) is 10.9 Å². The molecule has 0 radical (unpaired) electrons. The highest BCUT2D eigenvalue weighted by atomic mass is 35.5. The number of nitrogens with zero attached hydrogens (tertiary/aromatic N) is 1. The van der Waals surface area contributed by atoms with Gasteiger partial charge in [-0.2, -0.15) is 0 Å². The predicted octanol–water partition coefficient (Wildman–Crippen LogP) is 3.59. The molecule has 0 spiro atoms. The maximum absolute atomic E-state index is 5.84. The van der Waals surface area contributed by atoms with Crippen LogP contribution in [-0.4, -0.2) is 24.3 Å². The summed E-state index contributed by atoms with van der Waals surface area (Å²) in [6.45, 7) is 0. The van der Waals surface area contributed by atoms with Crippen LogP contribution in [0.2, 0.25) is 5.02 Å². The number of halogens is 1. The van der Waals surface area contributed by atoms with Gasteiger partial charge in [0.15, 0.2) is 10.2 Å². The Bertz CT molecular complexity index is 701. The number of hydrogen-bond donors (Lipinski definition) is 4. The lowest BCUT2D eigenvalue weighted by molar-refractivity contribution is 0.885. The van der Waals surface area contributed by atoms with Crippen molar-refractivity contribution < 1.29 is 0 Å². The Kier molecular flexibility index (Phi) is 6.60. The fourth-order valence-electron chi connectivity index (χ4n) is 1.81. The third kappa shape index (κ3) is 5.84. The zero-order chi connectivity index (χ0) is 17.5. The summed E-state index contributed by atoms with van der Waals surface area (Å²) in [7, 11) is 3.99. The third-order valence-corrected chi connectivity index (χ3v) is 3.69. The second-order valence-electron chi connectivity index (χ2n) is 5.11. The molecule has 0 bridgehead atoms. The van der Waals surface area contributed by atoms with Gasteiger partial charge in [-0.3, -0.25) is 10.9 Å². The fourth-order valence-corrected chi connectivity index (χ4v) is 2.28. The minimum absolute atomic E-state index is 0.393. The summed E-state index contributed by atoms with van der Waals surface area (Å²) >= 11 is 16.2. The number of hydrazine groups is 1. The first-order valence-electron chi connectivity index (χ1n) is 7.11. The van der Waals surface area contributed by atoms with E-state index in [4.69, 9.17) is 36.0 Å². The van der Waals surface area contributed by atoms with Gasteiger partial charge in [0, 0.05) is 36.2 Å². The van der Waals surface area contributed by atoms with Crippen molar-refractivity contribution >= 4 is 63.3 Å². The van der Waals surface area contributed by atoms with Gasteiger partial charge in [-0.05, 0) is 73.0 Å². The Labute approximate surface area is 157 Å². The second kappa shape index (κ2) is 8.68. The first-order valence-corrected chi connectivity index (χ1v) is 8.30. The van der Waals surface area contributed by atoms with Crippen molar-refractivity contribution in [1.29, 1.82) is 0 Å². The van der Waals surface area contributed by atoms with E-state index in [0.29, 0.717) is 15.2 Å². The Morgan fingerprint density at radius 1 is 0.792 bits per heavy atom. The number of rotatable bonds is 3. The van der Waals surface area contributed by atoms with E-state index in [0.717, 1.165) is 17.1 Å². The maximum Gasteiger partial charge on any atom is 0.189 e. The summed E-state index contributed by atoms with van der Waals surface area (Å²) < 4.78 is 0. The van der Waals surface area contributed by atoms with E-state index < -0.39 is 0 Å². The number of nitrogens with one attached hydrogen (secondary N) is 4. The van der Waals surface area contributed by atoms with Gasteiger partial charge in [-0.15, -0.1) is 0 Å². The number of hydrogen-bond acceptors (Lipinski definition) is 3. The van der Waals surface area contributed by atoms with Crippen LogP contribution in [0.3, 0.4) is 0 Å². The Hall–Kier alpha value is -2.09. The van der Waals surface area contributed by atoms with Gasteiger partial charge in [0.1, 0.15) is 0 Å². The van der Waals surface area contributed by atoms with Crippen LogP contribution < -0.4 is 26.4 Å². The van der Waals surface area contributed by atoms with Crippen molar-refractivity contribution in [2.45, 2.75) is 0 Å². The minimum atomic E-state index is 0.393. The summed E-state index contributed by atoms with van der Waals surface area (Å²) in [5, 5.41) is 7.56. The van der Waals surface area contributed by atoms with Gasteiger partial charge in [0.25, 0.3) is 0 Å². The number of anilines is 3. The quantitative estimate of drug-likeness (QED) is 0.480. The zero-order valence-corrected chi connectivity index (χ0v) is 15.6. The third-order valence-electron chi connectivity index (χ3n) is 3.03. The normalized spacial score (nSPS) is 9.79. The van der Waals surface area contributed by atoms with Crippen molar-refractivity contribution in [3.8, 4) is 0 Å². The molecule has 0 saturated heterocycles. The van der Waals surface area contributed by atoms with Gasteiger partial charge >= 0.3 is 0 Å². The lowest BCUT2D eigenvalue weighted by Crippen LogP contribution is -2.45. The van der Waals surface area contributed by atoms with Crippen LogP contribution in [0, 0.1) is 0 Å². The highest BCUT2D eigenvalue weighted by Gasteiger charge is 2.01. The van der Waals surface area contributed by atoms with Crippen molar-refractivity contribution in [2.24, 2.45) is 0 Å². The molecule has 0 amide bonds. The topological polar surface area (TPSA) is 51.4 Å². The molecule has 2 aromatic carbocycles. The average Bonchev–Trinajstić information content (AvgIpc) is 2.55. The van der Waals surface area contributed by atoms with E-state index in [1.165, 1.54) is 0 Å². The van der Waals surface area contributed by atoms with Crippen LogP contribution >= 0.6 is 36.0 Å². The summed E-state index contributed by atoms with van der Waals surface area (Å²) in [6, 6.07) is 15.1. The molecule has 0 heterocycles. The highest BCUT2D eigenvalue weighted by molar-refractivity contribution is 7.81. The second-order valence-corrected chi connectivity index (χ2v) is 6.36. The summed E-state index contributed by atoms with van der Waals surface area (Å²) in [6.07, 6.45) is 0. The molecule has 8 heteroatoms.